The number of carbonyl (C=O) groups excluding carboxylic acids is 1. The van der Waals surface area contributed by atoms with Crippen LogP contribution in [0, 0.1) is 18.6 Å². The van der Waals surface area contributed by atoms with Gasteiger partial charge in [-0.25, -0.2) is 13.8 Å². The van der Waals surface area contributed by atoms with E-state index in [0.717, 1.165) is 16.1 Å². The van der Waals surface area contributed by atoms with Crippen molar-refractivity contribution in [2.45, 2.75) is 26.3 Å². The molecule has 1 N–H and O–H groups in total. The molecule has 0 aliphatic heterocycles. The van der Waals surface area contributed by atoms with Crippen LogP contribution in [0.4, 0.5) is 8.78 Å². The Morgan fingerprint density at radius 1 is 1.08 bits per heavy atom. The minimum atomic E-state index is -0.309. The van der Waals surface area contributed by atoms with Gasteiger partial charge in [0.15, 0.2) is 0 Å². The maximum Gasteiger partial charge on any atom is 0.263 e. The molecule has 3 nitrogen and oxygen atoms in total. The molecule has 1 aromatic heterocycles. The molecule has 1 unspecified atom stereocenters. The summed E-state index contributed by atoms with van der Waals surface area (Å²) < 4.78 is 26.0. The summed E-state index contributed by atoms with van der Waals surface area (Å²) >= 11 is 1.33. The Balaban J connectivity index is 1.70. The zero-order valence-corrected chi connectivity index (χ0v) is 15.2. The molecule has 1 amide bonds. The fourth-order valence-corrected chi connectivity index (χ4v) is 3.61. The van der Waals surface area contributed by atoms with Crippen molar-refractivity contribution in [1.82, 2.24) is 10.3 Å². The smallest absolute Gasteiger partial charge is 0.263 e. The molecule has 0 saturated carbocycles. The minimum absolute atomic E-state index is 0.206. The normalized spacial score (nSPS) is 12.0. The van der Waals surface area contributed by atoms with Crippen molar-refractivity contribution >= 4 is 17.2 Å². The van der Waals surface area contributed by atoms with Gasteiger partial charge < -0.3 is 5.32 Å². The van der Waals surface area contributed by atoms with Gasteiger partial charge in [-0.1, -0.05) is 24.3 Å². The van der Waals surface area contributed by atoms with Gasteiger partial charge in [-0.2, -0.15) is 0 Å². The van der Waals surface area contributed by atoms with Crippen LogP contribution in [-0.4, -0.2) is 10.9 Å². The van der Waals surface area contributed by atoms with Crippen molar-refractivity contribution in [2.75, 3.05) is 0 Å². The second-order valence-electron chi connectivity index (χ2n) is 6.07. The summed E-state index contributed by atoms with van der Waals surface area (Å²) in [5, 5.41) is 3.72. The molecule has 0 radical (unpaired) electrons. The van der Waals surface area contributed by atoms with E-state index in [1.54, 1.807) is 31.2 Å². The molecule has 1 heterocycles. The number of aryl methyl sites for hydroxylation is 1. The topological polar surface area (TPSA) is 42.0 Å². The summed E-state index contributed by atoms with van der Waals surface area (Å²) in [5.41, 5.74) is 2.43. The molecule has 1 atom stereocenters. The Labute approximate surface area is 154 Å². The first-order valence-corrected chi connectivity index (χ1v) is 9.01. The van der Waals surface area contributed by atoms with Crippen molar-refractivity contribution in [2.24, 2.45) is 0 Å². The molecule has 0 fully saturated rings. The van der Waals surface area contributed by atoms with Crippen molar-refractivity contribution in [3.8, 4) is 0 Å². The summed E-state index contributed by atoms with van der Waals surface area (Å²) in [6.45, 7) is 3.64. The average molecular weight is 372 g/mol. The van der Waals surface area contributed by atoms with Gasteiger partial charge in [-0.3, -0.25) is 4.79 Å². The molecule has 134 valence electrons. The lowest BCUT2D eigenvalue weighted by molar-refractivity contribution is 0.0943. The van der Waals surface area contributed by atoms with E-state index in [4.69, 9.17) is 0 Å². The molecule has 0 spiro atoms. The summed E-state index contributed by atoms with van der Waals surface area (Å²) in [7, 11) is 0. The highest BCUT2D eigenvalue weighted by molar-refractivity contribution is 7.13. The second kappa shape index (κ2) is 7.74. The number of carbonyl (C=O) groups is 1. The number of benzene rings is 2. The molecule has 0 saturated heterocycles. The fourth-order valence-electron chi connectivity index (χ4n) is 2.61. The Hall–Kier alpha value is -2.60. The van der Waals surface area contributed by atoms with Crippen LogP contribution < -0.4 is 5.32 Å². The molecule has 26 heavy (non-hydrogen) atoms. The number of aromatic nitrogens is 1. The third-order valence-corrected chi connectivity index (χ3v) is 5.19. The number of hydrogen-bond acceptors (Lipinski definition) is 3. The van der Waals surface area contributed by atoms with Crippen molar-refractivity contribution in [3.05, 3.63) is 86.9 Å². The van der Waals surface area contributed by atoms with E-state index < -0.39 is 0 Å². The monoisotopic (exact) mass is 372 g/mol. The number of nitrogens with one attached hydrogen (secondary N) is 1. The molecular weight excluding hydrogens is 354 g/mol. The maximum atomic E-state index is 13.0. The lowest BCUT2D eigenvalue weighted by Gasteiger charge is -2.13. The van der Waals surface area contributed by atoms with Crippen LogP contribution in [-0.2, 0) is 6.42 Å². The van der Waals surface area contributed by atoms with Crippen LogP contribution in [0.3, 0.4) is 0 Å². The van der Waals surface area contributed by atoms with E-state index >= 15 is 0 Å². The highest BCUT2D eigenvalue weighted by Crippen LogP contribution is 2.22. The first-order valence-electron chi connectivity index (χ1n) is 8.19. The number of thiazole rings is 1. The van der Waals surface area contributed by atoms with Gasteiger partial charge >= 0.3 is 0 Å². The quantitative estimate of drug-likeness (QED) is 0.698. The Morgan fingerprint density at radius 3 is 2.27 bits per heavy atom. The average Bonchev–Trinajstić information content (AvgIpc) is 2.98. The maximum absolute atomic E-state index is 13.0. The zero-order chi connectivity index (χ0) is 18.7. The number of hydrogen-bond donors (Lipinski definition) is 1. The van der Waals surface area contributed by atoms with Gasteiger partial charge in [0, 0.05) is 6.42 Å². The molecule has 6 heteroatoms. The molecule has 2 aromatic carbocycles. The van der Waals surface area contributed by atoms with Crippen LogP contribution in [0.15, 0.2) is 48.5 Å². The summed E-state index contributed by atoms with van der Waals surface area (Å²) in [4.78, 5) is 17.6. The van der Waals surface area contributed by atoms with Gasteiger partial charge in [0.2, 0.25) is 0 Å². The van der Waals surface area contributed by atoms with E-state index in [-0.39, 0.29) is 23.6 Å². The van der Waals surface area contributed by atoms with Crippen molar-refractivity contribution < 1.29 is 13.6 Å². The number of amides is 1. The van der Waals surface area contributed by atoms with E-state index in [2.05, 4.69) is 10.3 Å². The van der Waals surface area contributed by atoms with Crippen LogP contribution in [0.25, 0.3) is 0 Å². The van der Waals surface area contributed by atoms with Crippen LogP contribution in [0.2, 0.25) is 0 Å². The van der Waals surface area contributed by atoms with Crippen LogP contribution in [0.5, 0.6) is 0 Å². The van der Waals surface area contributed by atoms with Gasteiger partial charge in [0.1, 0.15) is 16.5 Å². The zero-order valence-electron chi connectivity index (χ0n) is 14.4. The van der Waals surface area contributed by atoms with Crippen molar-refractivity contribution in [1.29, 1.82) is 0 Å². The summed E-state index contributed by atoms with van der Waals surface area (Å²) in [6, 6.07) is 12.0. The highest BCUT2D eigenvalue weighted by Gasteiger charge is 2.18. The standard InChI is InChI=1S/C20H18F2N2OS/c1-12(15-5-9-17(22)10-6-15)24-20(25)19-13(2)23-18(26-19)11-14-3-7-16(21)8-4-14/h3-10,12H,11H2,1-2H3,(H,24,25). The van der Waals surface area contributed by atoms with E-state index in [0.29, 0.717) is 17.0 Å². The molecule has 0 aliphatic rings. The fraction of sp³-hybridized carbons (Fsp3) is 0.200. The van der Waals surface area contributed by atoms with Gasteiger partial charge in [-0.05, 0) is 49.2 Å². The Kier molecular flexibility index (Phi) is 5.42. The van der Waals surface area contributed by atoms with E-state index in [1.165, 1.54) is 35.6 Å². The highest BCUT2D eigenvalue weighted by atomic mass is 32.1. The predicted octanol–water partition coefficient (Wildman–Crippen LogP) is 4.81. The molecule has 0 bridgehead atoms. The Morgan fingerprint density at radius 2 is 1.65 bits per heavy atom. The predicted molar refractivity (Wildman–Crippen MR) is 98.3 cm³/mol. The second-order valence-corrected chi connectivity index (χ2v) is 7.16. The first-order chi connectivity index (χ1) is 12.4. The van der Waals surface area contributed by atoms with Gasteiger partial charge in [0.25, 0.3) is 5.91 Å². The number of halogens is 2. The lowest BCUT2D eigenvalue weighted by Crippen LogP contribution is -2.26. The summed E-state index contributed by atoms with van der Waals surface area (Å²) in [5.74, 6) is -0.794. The van der Waals surface area contributed by atoms with Crippen LogP contribution in [0.1, 0.15) is 44.5 Å². The van der Waals surface area contributed by atoms with E-state index in [1.807, 2.05) is 6.92 Å². The first kappa shape index (κ1) is 18.2. The largest absolute Gasteiger partial charge is 0.345 e. The lowest BCUT2D eigenvalue weighted by atomic mass is 10.1. The summed E-state index contributed by atoms with van der Waals surface area (Å²) in [6.07, 6.45) is 0.548. The minimum Gasteiger partial charge on any atom is -0.345 e. The van der Waals surface area contributed by atoms with Crippen molar-refractivity contribution in [3.63, 3.8) is 0 Å². The Bertz CT molecular complexity index is 905. The third-order valence-electron chi connectivity index (χ3n) is 4.03. The van der Waals surface area contributed by atoms with E-state index in [9.17, 15) is 13.6 Å². The van der Waals surface area contributed by atoms with Crippen LogP contribution >= 0.6 is 11.3 Å². The number of rotatable bonds is 5. The molecule has 3 rings (SSSR count). The van der Waals surface area contributed by atoms with Gasteiger partial charge in [-0.15, -0.1) is 11.3 Å². The molecular formula is C20H18F2N2OS. The molecule has 3 aromatic rings. The molecule has 0 aliphatic carbocycles. The van der Waals surface area contributed by atoms with Gasteiger partial charge in [0.05, 0.1) is 16.7 Å². The SMILES string of the molecule is Cc1nc(Cc2ccc(F)cc2)sc1C(=O)NC(C)c1ccc(F)cc1. The third kappa shape index (κ3) is 4.32. The number of nitrogens with zero attached hydrogens (tertiary/aromatic N) is 1.